The lowest BCUT2D eigenvalue weighted by Crippen LogP contribution is -1.85. The van der Waals surface area contributed by atoms with Crippen LogP contribution >= 0.6 is 0 Å². The molecule has 0 spiro atoms. The fraction of sp³-hybridized carbons (Fsp3) is 0.346. The number of rotatable bonds is 3. The molecular formula is C26H35N. The third-order valence-corrected chi connectivity index (χ3v) is 4.28. The standard InChI is InChI=1S/2C9H12.C8H11N/c2*1-8(2)9-6-4-3-5-7-9;1-7(2)8-4-3-5-9-6-8/h2*3-8H,1-2H3;3-7H,1-2H3. The fourth-order valence-corrected chi connectivity index (χ4v) is 2.39. The first kappa shape index (κ1) is 22.6. The zero-order valence-corrected chi connectivity index (χ0v) is 17.8. The minimum Gasteiger partial charge on any atom is -0.264 e. The molecule has 1 heterocycles. The summed E-state index contributed by atoms with van der Waals surface area (Å²) < 4.78 is 0. The van der Waals surface area contributed by atoms with Gasteiger partial charge in [-0.2, -0.15) is 0 Å². The van der Waals surface area contributed by atoms with Crippen LogP contribution in [0.2, 0.25) is 0 Å². The number of hydrogen-bond donors (Lipinski definition) is 0. The lowest BCUT2D eigenvalue weighted by molar-refractivity contribution is 0.858. The van der Waals surface area contributed by atoms with Crippen LogP contribution in [-0.4, -0.2) is 4.98 Å². The zero-order chi connectivity index (χ0) is 20.1. The molecule has 0 bridgehead atoms. The summed E-state index contributed by atoms with van der Waals surface area (Å²) in [5, 5.41) is 0. The SMILES string of the molecule is CC(C)c1ccccc1.CC(C)c1ccccc1.CC(C)c1cccnc1. The van der Waals surface area contributed by atoms with Gasteiger partial charge >= 0.3 is 0 Å². The van der Waals surface area contributed by atoms with E-state index < -0.39 is 0 Å². The van der Waals surface area contributed by atoms with E-state index in [1.54, 1.807) is 6.20 Å². The summed E-state index contributed by atoms with van der Waals surface area (Å²) in [6.07, 6.45) is 3.70. The fourth-order valence-electron chi connectivity index (χ4n) is 2.39. The smallest absolute Gasteiger partial charge is 0.0302 e. The largest absolute Gasteiger partial charge is 0.264 e. The van der Waals surface area contributed by atoms with Crippen molar-refractivity contribution in [3.05, 3.63) is 102 Å². The van der Waals surface area contributed by atoms with E-state index in [0.29, 0.717) is 17.8 Å². The van der Waals surface area contributed by atoms with Gasteiger partial charge in [0, 0.05) is 12.4 Å². The Morgan fingerprint density at radius 2 is 0.852 bits per heavy atom. The molecule has 1 nitrogen and oxygen atoms in total. The monoisotopic (exact) mass is 361 g/mol. The molecule has 0 saturated heterocycles. The summed E-state index contributed by atoms with van der Waals surface area (Å²) in [7, 11) is 0. The number of aromatic nitrogens is 1. The van der Waals surface area contributed by atoms with Gasteiger partial charge in [0.1, 0.15) is 0 Å². The van der Waals surface area contributed by atoms with E-state index in [-0.39, 0.29) is 0 Å². The third kappa shape index (κ3) is 9.75. The summed E-state index contributed by atoms with van der Waals surface area (Å²) in [5.41, 5.74) is 4.13. The molecule has 1 aromatic heterocycles. The summed E-state index contributed by atoms with van der Waals surface area (Å²) in [6.45, 7) is 13.1. The first-order chi connectivity index (χ1) is 12.9. The van der Waals surface area contributed by atoms with Crippen molar-refractivity contribution in [1.82, 2.24) is 4.98 Å². The predicted octanol–water partition coefficient (Wildman–Crippen LogP) is 7.83. The van der Waals surface area contributed by atoms with Crippen LogP contribution in [0.1, 0.15) is 76.0 Å². The summed E-state index contributed by atoms with van der Waals surface area (Å²) >= 11 is 0. The highest BCUT2D eigenvalue weighted by Crippen LogP contribution is 2.12. The molecule has 3 aromatic rings. The highest BCUT2D eigenvalue weighted by molar-refractivity contribution is 5.18. The Balaban J connectivity index is 0.000000202. The maximum Gasteiger partial charge on any atom is 0.0302 e. The Morgan fingerprint density at radius 3 is 1.07 bits per heavy atom. The molecule has 0 saturated carbocycles. The molecule has 0 amide bonds. The highest BCUT2D eigenvalue weighted by Gasteiger charge is 1.95. The van der Waals surface area contributed by atoms with Crippen molar-refractivity contribution < 1.29 is 0 Å². The number of pyridine rings is 1. The van der Waals surface area contributed by atoms with E-state index in [1.807, 2.05) is 24.4 Å². The van der Waals surface area contributed by atoms with Crippen LogP contribution in [0, 0.1) is 0 Å². The van der Waals surface area contributed by atoms with Gasteiger partial charge in [0.25, 0.3) is 0 Å². The normalized spacial score (nSPS) is 10.1. The molecule has 0 aliphatic carbocycles. The number of benzene rings is 2. The second kappa shape index (κ2) is 12.9. The van der Waals surface area contributed by atoms with E-state index >= 15 is 0 Å². The Morgan fingerprint density at radius 1 is 0.481 bits per heavy atom. The highest BCUT2D eigenvalue weighted by atomic mass is 14.6. The van der Waals surface area contributed by atoms with Crippen LogP contribution in [0.25, 0.3) is 0 Å². The first-order valence-electron chi connectivity index (χ1n) is 9.91. The van der Waals surface area contributed by atoms with E-state index in [4.69, 9.17) is 0 Å². The van der Waals surface area contributed by atoms with Crippen molar-refractivity contribution in [3.8, 4) is 0 Å². The lowest BCUT2D eigenvalue weighted by atomic mass is 10.0. The molecule has 1 heteroatoms. The predicted molar refractivity (Wildman–Crippen MR) is 119 cm³/mol. The summed E-state index contributed by atoms with van der Waals surface area (Å²) in [4.78, 5) is 4.01. The number of nitrogens with zero attached hydrogens (tertiary/aromatic N) is 1. The van der Waals surface area contributed by atoms with E-state index in [1.165, 1.54) is 16.7 Å². The van der Waals surface area contributed by atoms with Gasteiger partial charge in [-0.3, -0.25) is 4.98 Å². The average molecular weight is 362 g/mol. The Bertz CT molecular complexity index is 598. The van der Waals surface area contributed by atoms with Crippen molar-refractivity contribution in [3.63, 3.8) is 0 Å². The second-order valence-corrected chi connectivity index (χ2v) is 7.57. The van der Waals surface area contributed by atoms with Gasteiger partial charge < -0.3 is 0 Å². The Kier molecular flexibility index (Phi) is 10.8. The average Bonchev–Trinajstić information content (AvgIpc) is 2.71. The second-order valence-electron chi connectivity index (χ2n) is 7.57. The third-order valence-electron chi connectivity index (χ3n) is 4.28. The van der Waals surface area contributed by atoms with Gasteiger partial charge in [0.05, 0.1) is 0 Å². The maximum absolute atomic E-state index is 4.01. The molecule has 0 N–H and O–H groups in total. The van der Waals surface area contributed by atoms with Crippen molar-refractivity contribution in [2.45, 2.75) is 59.3 Å². The maximum atomic E-state index is 4.01. The van der Waals surface area contributed by atoms with Crippen molar-refractivity contribution in [2.24, 2.45) is 0 Å². The van der Waals surface area contributed by atoms with Crippen LogP contribution in [-0.2, 0) is 0 Å². The Labute approximate surface area is 166 Å². The quantitative estimate of drug-likeness (QED) is 0.463. The van der Waals surface area contributed by atoms with Crippen LogP contribution in [0.3, 0.4) is 0 Å². The van der Waals surface area contributed by atoms with Crippen molar-refractivity contribution in [2.75, 3.05) is 0 Å². The molecule has 0 aliphatic rings. The Hall–Kier alpha value is -2.41. The topological polar surface area (TPSA) is 12.9 Å². The molecule has 2 aromatic carbocycles. The molecule has 144 valence electrons. The molecule has 0 aliphatic heterocycles. The van der Waals surface area contributed by atoms with Crippen molar-refractivity contribution in [1.29, 1.82) is 0 Å². The first-order valence-corrected chi connectivity index (χ1v) is 9.91. The van der Waals surface area contributed by atoms with Gasteiger partial charge in [-0.15, -0.1) is 0 Å². The van der Waals surface area contributed by atoms with Gasteiger partial charge in [-0.05, 0) is 40.5 Å². The molecule has 27 heavy (non-hydrogen) atoms. The van der Waals surface area contributed by atoms with Gasteiger partial charge in [0.2, 0.25) is 0 Å². The van der Waals surface area contributed by atoms with Crippen LogP contribution in [0.15, 0.2) is 85.2 Å². The van der Waals surface area contributed by atoms with E-state index in [0.717, 1.165) is 0 Å². The minimum absolute atomic E-state index is 0.596. The van der Waals surface area contributed by atoms with Crippen LogP contribution in [0.4, 0.5) is 0 Å². The van der Waals surface area contributed by atoms with Crippen LogP contribution < -0.4 is 0 Å². The van der Waals surface area contributed by atoms with Crippen molar-refractivity contribution >= 4 is 0 Å². The minimum atomic E-state index is 0.596. The van der Waals surface area contributed by atoms with Gasteiger partial charge in [0.15, 0.2) is 0 Å². The molecule has 0 atom stereocenters. The molecule has 3 rings (SSSR count). The van der Waals surface area contributed by atoms with Gasteiger partial charge in [-0.1, -0.05) is 108 Å². The zero-order valence-electron chi connectivity index (χ0n) is 17.8. The van der Waals surface area contributed by atoms with Gasteiger partial charge in [-0.25, -0.2) is 0 Å². The lowest BCUT2D eigenvalue weighted by Gasteiger charge is -2.01. The molecule has 0 radical (unpaired) electrons. The molecule has 0 fully saturated rings. The molecule has 0 unspecified atom stereocenters. The summed E-state index contributed by atoms with van der Waals surface area (Å²) in [6, 6.07) is 25.1. The van der Waals surface area contributed by atoms with E-state index in [9.17, 15) is 0 Å². The molecular weight excluding hydrogens is 326 g/mol. The summed E-state index contributed by atoms with van der Waals surface area (Å²) in [5.74, 6) is 1.91. The van der Waals surface area contributed by atoms with E-state index in [2.05, 4.69) is 101 Å². The number of hydrogen-bond acceptors (Lipinski definition) is 1. The van der Waals surface area contributed by atoms with Crippen LogP contribution in [0.5, 0.6) is 0 Å².